The number of fused-ring (bicyclic) bond motifs is 1. The van der Waals surface area contributed by atoms with Crippen LogP contribution in [0.5, 0.6) is 0 Å². The maximum absolute atomic E-state index is 12.2. The molecule has 1 aromatic heterocycles. The SMILES string of the molecule is C=CC(=O)N1CC(NC(=O)Cn2cc([NH2+]O)c3cc(Cl)ccc32)C1. The van der Waals surface area contributed by atoms with E-state index >= 15 is 0 Å². The van der Waals surface area contributed by atoms with Crippen molar-refractivity contribution in [3.63, 3.8) is 0 Å². The molecule has 1 fully saturated rings. The van der Waals surface area contributed by atoms with E-state index in [1.54, 1.807) is 27.8 Å². The average molecular weight is 350 g/mol. The second-order valence-corrected chi connectivity index (χ2v) is 6.15. The fraction of sp³-hybridized carbons (Fsp3) is 0.250. The zero-order chi connectivity index (χ0) is 17.3. The van der Waals surface area contributed by atoms with Crippen molar-refractivity contribution in [3.05, 3.63) is 42.1 Å². The van der Waals surface area contributed by atoms with Crippen molar-refractivity contribution in [2.24, 2.45) is 0 Å². The molecular formula is C16H18ClN4O3+. The number of aromatic nitrogens is 1. The van der Waals surface area contributed by atoms with Gasteiger partial charge in [-0.3, -0.25) is 9.59 Å². The van der Waals surface area contributed by atoms with E-state index in [9.17, 15) is 14.8 Å². The van der Waals surface area contributed by atoms with Crippen LogP contribution < -0.4 is 10.8 Å². The Morgan fingerprint density at radius 3 is 2.88 bits per heavy atom. The number of quaternary nitrogens is 1. The molecule has 24 heavy (non-hydrogen) atoms. The summed E-state index contributed by atoms with van der Waals surface area (Å²) < 4.78 is 1.76. The van der Waals surface area contributed by atoms with E-state index in [4.69, 9.17) is 11.6 Å². The van der Waals surface area contributed by atoms with Crippen molar-refractivity contribution >= 4 is 40.0 Å². The summed E-state index contributed by atoms with van der Waals surface area (Å²) >= 11 is 5.99. The minimum absolute atomic E-state index is 0.0402. The van der Waals surface area contributed by atoms with E-state index in [0.717, 1.165) is 16.4 Å². The number of amides is 2. The Morgan fingerprint density at radius 1 is 1.46 bits per heavy atom. The van der Waals surface area contributed by atoms with Crippen LogP contribution >= 0.6 is 11.6 Å². The van der Waals surface area contributed by atoms with Crippen molar-refractivity contribution in [2.75, 3.05) is 13.1 Å². The summed E-state index contributed by atoms with van der Waals surface area (Å²) in [5.41, 5.74) is 2.41. The number of hydrogen-bond acceptors (Lipinski definition) is 3. The second-order valence-electron chi connectivity index (χ2n) is 5.71. The van der Waals surface area contributed by atoms with Gasteiger partial charge in [0.05, 0.1) is 23.1 Å². The molecule has 8 heteroatoms. The van der Waals surface area contributed by atoms with Crippen LogP contribution in [0.2, 0.25) is 5.02 Å². The molecule has 0 atom stereocenters. The number of carbonyl (C=O) groups is 2. The molecule has 0 bridgehead atoms. The van der Waals surface area contributed by atoms with E-state index in [-0.39, 0.29) is 24.4 Å². The number of likely N-dealkylation sites (tertiary alicyclic amines) is 1. The van der Waals surface area contributed by atoms with Gasteiger partial charge in [-0.25, -0.2) is 5.21 Å². The third kappa shape index (κ3) is 3.14. The average Bonchev–Trinajstić information content (AvgIpc) is 2.86. The van der Waals surface area contributed by atoms with E-state index in [0.29, 0.717) is 23.8 Å². The normalized spacial score (nSPS) is 14.5. The highest BCUT2D eigenvalue weighted by molar-refractivity contribution is 6.31. The van der Waals surface area contributed by atoms with Gasteiger partial charge in [-0.05, 0) is 24.3 Å². The summed E-state index contributed by atoms with van der Waals surface area (Å²) in [5, 5.41) is 13.6. The van der Waals surface area contributed by atoms with Crippen LogP contribution in [0.15, 0.2) is 37.1 Å². The third-order valence-corrected chi connectivity index (χ3v) is 4.30. The fourth-order valence-corrected chi connectivity index (χ4v) is 3.01. The standard InChI is InChI=1S/C16H17ClN4O3/c1-2-16(23)21-6-11(7-21)18-15(22)9-20-8-13(19-24)12-5-10(17)3-4-14(12)20/h2-5,8,11,19,24H,1,6-7,9H2,(H,18,22)/p+1. The monoisotopic (exact) mass is 349 g/mol. The van der Waals surface area contributed by atoms with E-state index < -0.39 is 0 Å². The maximum Gasteiger partial charge on any atom is 0.246 e. The van der Waals surface area contributed by atoms with Crippen LogP contribution in [-0.4, -0.2) is 45.6 Å². The summed E-state index contributed by atoms with van der Waals surface area (Å²) in [7, 11) is 0. The van der Waals surface area contributed by atoms with Crippen LogP contribution in [0.3, 0.4) is 0 Å². The highest BCUT2D eigenvalue weighted by atomic mass is 35.5. The molecule has 1 aliphatic rings. The van der Waals surface area contributed by atoms with Crippen molar-refractivity contribution in [3.8, 4) is 0 Å². The number of halogens is 1. The first-order valence-electron chi connectivity index (χ1n) is 7.48. The summed E-state index contributed by atoms with van der Waals surface area (Å²) in [6.45, 7) is 4.55. The Kier molecular flexibility index (Phi) is 4.57. The number of carbonyl (C=O) groups excluding carboxylic acids is 2. The van der Waals surface area contributed by atoms with Gasteiger partial charge in [0.25, 0.3) is 0 Å². The number of nitrogens with one attached hydrogen (secondary N) is 1. The summed E-state index contributed by atoms with van der Waals surface area (Å²) in [4.78, 5) is 25.2. The lowest BCUT2D eigenvalue weighted by Crippen LogP contribution is -2.73. The molecule has 0 radical (unpaired) electrons. The highest BCUT2D eigenvalue weighted by Crippen LogP contribution is 2.25. The first-order valence-corrected chi connectivity index (χ1v) is 7.86. The first kappa shape index (κ1) is 16.5. The molecule has 126 valence electrons. The van der Waals surface area contributed by atoms with Crippen molar-refractivity contribution in [2.45, 2.75) is 12.6 Å². The van der Waals surface area contributed by atoms with E-state index in [1.165, 1.54) is 6.08 Å². The molecule has 1 aromatic carbocycles. The topological polar surface area (TPSA) is 91.2 Å². The summed E-state index contributed by atoms with van der Waals surface area (Å²) in [6.07, 6.45) is 2.97. The predicted molar refractivity (Wildman–Crippen MR) is 89.0 cm³/mol. The Hall–Kier alpha value is -2.35. The van der Waals surface area contributed by atoms with Gasteiger partial charge in [-0.15, -0.1) is 0 Å². The molecular weight excluding hydrogens is 332 g/mol. The van der Waals surface area contributed by atoms with Crippen LogP contribution in [0, 0.1) is 0 Å². The Bertz CT molecular complexity index is 811. The highest BCUT2D eigenvalue weighted by Gasteiger charge is 2.30. The Labute approximate surface area is 143 Å². The predicted octanol–water partition coefficient (Wildman–Crippen LogP) is 0.392. The van der Waals surface area contributed by atoms with E-state index in [2.05, 4.69) is 11.9 Å². The van der Waals surface area contributed by atoms with Gasteiger partial charge >= 0.3 is 0 Å². The largest absolute Gasteiger partial charge is 0.348 e. The third-order valence-electron chi connectivity index (χ3n) is 4.06. The Morgan fingerprint density at radius 2 is 2.21 bits per heavy atom. The van der Waals surface area contributed by atoms with Gasteiger partial charge < -0.3 is 14.8 Å². The van der Waals surface area contributed by atoms with Gasteiger partial charge in [-0.1, -0.05) is 18.2 Å². The molecule has 0 unspecified atom stereocenters. The molecule has 0 saturated carbocycles. The minimum atomic E-state index is -0.151. The summed E-state index contributed by atoms with van der Waals surface area (Å²) in [5.74, 6) is -0.279. The fourth-order valence-electron chi connectivity index (χ4n) is 2.84. The number of nitrogens with zero attached hydrogens (tertiary/aromatic N) is 2. The van der Waals surface area contributed by atoms with Gasteiger partial charge in [-0.2, -0.15) is 5.48 Å². The minimum Gasteiger partial charge on any atom is -0.348 e. The number of rotatable bonds is 5. The Balaban J connectivity index is 1.66. The zero-order valence-electron chi connectivity index (χ0n) is 12.9. The van der Waals surface area contributed by atoms with E-state index in [1.807, 2.05) is 6.07 Å². The molecule has 2 heterocycles. The van der Waals surface area contributed by atoms with Crippen LogP contribution in [0.4, 0.5) is 5.69 Å². The summed E-state index contributed by atoms with van der Waals surface area (Å²) in [6, 6.07) is 5.26. The first-order chi connectivity index (χ1) is 11.5. The van der Waals surface area contributed by atoms with Crippen molar-refractivity contribution in [1.29, 1.82) is 0 Å². The van der Waals surface area contributed by atoms with Crippen LogP contribution in [0.1, 0.15) is 0 Å². The van der Waals surface area contributed by atoms with Crippen LogP contribution in [-0.2, 0) is 16.1 Å². The van der Waals surface area contributed by atoms with Crippen molar-refractivity contribution in [1.82, 2.24) is 14.8 Å². The molecule has 1 saturated heterocycles. The number of nitrogens with two attached hydrogens (primary N) is 1. The van der Waals surface area contributed by atoms with Gasteiger partial charge in [0.1, 0.15) is 6.54 Å². The molecule has 4 N–H and O–H groups in total. The zero-order valence-corrected chi connectivity index (χ0v) is 13.7. The van der Waals surface area contributed by atoms with Gasteiger partial charge in [0, 0.05) is 18.1 Å². The lowest BCUT2D eigenvalue weighted by Gasteiger charge is -2.38. The quantitative estimate of drug-likeness (QED) is 0.539. The maximum atomic E-state index is 12.2. The van der Waals surface area contributed by atoms with Gasteiger partial charge in [0.2, 0.25) is 11.8 Å². The lowest BCUT2D eigenvalue weighted by atomic mass is 10.1. The molecule has 0 aliphatic carbocycles. The lowest BCUT2D eigenvalue weighted by molar-refractivity contribution is -0.824. The molecule has 3 rings (SSSR count). The second kappa shape index (κ2) is 6.64. The van der Waals surface area contributed by atoms with Crippen LogP contribution in [0.25, 0.3) is 10.9 Å². The van der Waals surface area contributed by atoms with Gasteiger partial charge in [0.15, 0.2) is 5.69 Å². The molecule has 0 spiro atoms. The number of hydrogen-bond donors (Lipinski definition) is 3. The van der Waals surface area contributed by atoms with Crippen molar-refractivity contribution < 1.29 is 20.3 Å². The number of benzene rings is 1. The molecule has 2 amide bonds. The smallest absolute Gasteiger partial charge is 0.246 e. The molecule has 1 aliphatic heterocycles. The molecule has 2 aromatic rings. The molecule has 7 nitrogen and oxygen atoms in total.